The molecule has 394 valence electrons. The lowest BCUT2D eigenvalue weighted by Crippen LogP contribution is -2.53. The number of benzene rings is 2. The van der Waals surface area contributed by atoms with Crippen molar-refractivity contribution in [3.63, 3.8) is 0 Å². The Kier molecular flexibility index (Phi) is 28.0. The quantitative estimate of drug-likeness (QED) is 0.0714. The largest absolute Gasteiger partial charge is 0.497 e. The maximum Gasteiger partial charge on any atom is 0.321 e. The number of hydrogen-bond acceptors (Lipinski definition) is 12. The van der Waals surface area contributed by atoms with Gasteiger partial charge in [0.2, 0.25) is 35.8 Å². The maximum atomic E-state index is 13.1. The van der Waals surface area contributed by atoms with Crippen LogP contribution >= 0.6 is 0 Å². The number of likely N-dealkylation sites (N-methyl/N-ethyl adjacent to an activating group) is 1. The van der Waals surface area contributed by atoms with Crippen LogP contribution in [-0.4, -0.2) is 139 Å². The molecule has 0 radical (unpaired) electrons. The normalized spacial score (nSPS) is 15.6. The molecule has 1 saturated heterocycles. The molecule has 0 spiro atoms. The fourth-order valence-corrected chi connectivity index (χ4v) is 7.10. The first-order valence-corrected chi connectivity index (χ1v) is 24.2. The molecule has 2 aliphatic rings. The van der Waals surface area contributed by atoms with Crippen molar-refractivity contribution in [3.8, 4) is 5.75 Å². The zero-order chi connectivity index (χ0) is 53.6. The molecule has 1 saturated carbocycles. The van der Waals surface area contributed by atoms with Gasteiger partial charge in [-0.3, -0.25) is 43.3 Å². The van der Waals surface area contributed by atoms with Gasteiger partial charge in [0.15, 0.2) is 0 Å². The van der Waals surface area contributed by atoms with Gasteiger partial charge in [-0.1, -0.05) is 97.6 Å². The molecule has 1 aromatic heterocycles. The molecule has 7 N–H and O–H groups in total. The Morgan fingerprint density at radius 1 is 0.819 bits per heavy atom. The van der Waals surface area contributed by atoms with Crippen LogP contribution in [0, 0.1) is 17.8 Å². The summed E-state index contributed by atoms with van der Waals surface area (Å²) in [6, 6.07) is 13.6. The summed E-state index contributed by atoms with van der Waals surface area (Å²) in [4.78, 5) is 120. The summed E-state index contributed by atoms with van der Waals surface area (Å²) in [5, 5.41) is 18.0. The summed E-state index contributed by atoms with van der Waals surface area (Å²) in [5.74, 6) is -2.68. The second-order valence-corrected chi connectivity index (χ2v) is 18.1. The van der Waals surface area contributed by atoms with Crippen molar-refractivity contribution in [1.82, 2.24) is 51.7 Å². The van der Waals surface area contributed by atoms with Crippen molar-refractivity contribution in [3.05, 3.63) is 84.4 Å². The van der Waals surface area contributed by atoms with Gasteiger partial charge in [0.25, 0.3) is 11.8 Å². The average Bonchev–Trinajstić information content (AvgIpc) is 3.74. The first kappa shape index (κ1) is 60.7. The number of hydrogen-bond donors (Lipinski definition) is 7. The van der Waals surface area contributed by atoms with Crippen LogP contribution in [0.15, 0.2) is 73.2 Å². The summed E-state index contributed by atoms with van der Waals surface area (Å²) in [6.07, 6.45) is 10.5. The van der Waals surface area contributed by atoms with E-state index in [4.69, 9.17) is 4.74 Å². The minimum Gasteiger partial charge on any atom is -0.497 e. The predicted molar refractivity (Wildman–Crippen MR) is 272 cm³/mol. The zero-order valence-corrected chi connectivity index (χ0v) is 43.1. The smallest absolute Gasteiger partial charge is 0.321 e. The number of Topliss-reactive ketones (excluding diaryl/α,β-unsaturated/α-hetero) is 1. The number of anilines is 1. The predicted octanol–water partition coefficient (Wildman–Crippen LogP) is 3.39. The Hall–Kier alpha value is -7.45. The lowest BCUT2D eigenvalue weighted by Gasteiger charge is -2.30. The molecule has 9 amide bonds. The van der Waals surface area contributed by atoms with Gasteiger partial charge in [0.05, 0.1) is 39.0 Å². The number of ketones is 1. The van der Waals surface area contributed by atoms with E-state index in [0.29, 0.717) is 30.1 Å². The van der Waals surface area contributed by atoms with E-state index in [9.17, 15) is 43.2 Å². The number of nitrogens with zero attached hydrogens (tertiary/aromatic N) is 4. The number of carbonyl (C=O) groups is 9. The van der Waals surface area contributed by atoms with E-state index in [2.05, 4.69) is 81.8 Å². The van der Waals surface area contributed by atoms with Gasteiger partial charge in [-0.25, -0.2) is 9.78 Å². The fourth-order valence-electron chi connectivity index (χ4n) is 7.10. The summed E-state index contributed by atoms with van der Waals surface area (Å²) in [5.41, 5.74) is 1.37. The van der Waals surface area contributed by atoms with Crippen LogP contribution in [0.4, 0.5) is 10.5 Å². The molecular weight excluding hydrogens is 927 g/mol. The third kappa shape index (κ3) is 22.5. The Labute approximate surface area is 423 Å². The fraction of sp³-hybridized carbons (Fsp3) is 0.510. The third-order valence-electron chi connectivity index (χ3n) is 10.6. The summed E-state index contributed by atoms with van der Waals surface area (Å²) >= 11 is 0. The second kappa shape index (κ2) is 33.2. The zero-order valence-electron chi connectivity index (χ0n) is 43.1. The minimum absolute atomic E-state index is 0.0148. The Morgan fingerprint density at radius 3 is 2.01 bits per heavy atom. The molecule has 2 heterocycles. The van der Waals surface area contributed by atoms with Crippen LogP contribution < -0.4 is 42.0 Å². The standard InChI is InChI=1S/C27H35N7O4.C17H22N4O6.C4H10.C3H8/c1-18-16-34(27(38)31-20-10-6-3-7-11-20)17-22(18)32-23(35)15-30-26(37)24(19-8-4-2-5-9-19)33-25(36)21-14-28-12-13-29-21;1-21(2)17(26)15(11-4-6-12(27-3)7-5-11)20-14(24)9-19-16(25)13(23)8-18-10-22;1-4(2)3;1-3-2/h3,6-7,10-14,18-19,22,24H,2,4-5,8-9,15-17H2,1H3,(H,30,37)(H,31,38)(H,32,35)(H,33,36);4-7,10,15H,8-9H2,1-3H3,(H,18,22)(H,19,25)(H,20,24);4H,1-3H3;3H2,1-2H3/t18-,22+,24?;15-;;/m10../s1. The molecule has 21 heteroatoms. The molecule has 2 fully saturated rings. The number of carbonyl (C=O) groups excluding carboxylic acids is 9. The van der Waals surface area contributed by atoms with Gasteiger partial charge >= 0.3 is 6.03 Å². The van der Waals surface area contributed by atoms with Gasteiger partial charge in [0.1, 0.15) is 23.5 Å². The molecule has 5 rings (SSSR count). The Balaban J connectivity index is 0.000000457. The number of para-hydroxylation sites is 1. The number of rotatable bonds is 18. The highest BCUT2D eigenvalue weighted by atomic mass is 16.5. The van der Waals surface area contributed by atoms with Crippen molar-refractivity contribution in [2.45, 2.75) is 98.2 Å². The van der Waals surface area contributed by atoms with Crippen molar-refractivity contribution in [2.24, 2.45) is 17.8 Å². The van der Waals surface area contributed by atoms with Gasteiger partial charge in [-0.2, -0.15) is 0 Å². The number of aromatic nitrogens is 2. The molecule has 21 nitrogen and oxygen atoms in total. The van der Waals surface area contributed by atoms with Crippen molar-refractivity contribution >= 4 is 59.4 Å². The van der Waals surface area contributed by atoms with E-state index >= 15 is 0 Å². The highest BCUT2D eigenvalue weighted by Crippen LogP contribution is 2.27. The highest BCUT2D eigenvalue weighted by Gasteiger charge is 2.35. The number of nitrogens with one attached hydrogen (secondary N) is 7. The third-order valence-corrected chi connectivity index (χ3v) is 10.6. The molecule has 0 bridgehead atoms. The van der Waals surface area contributed by atoms with E-state index in [-0.39, 0.29) is 54.4 Å². The van der Waals surface area contributed by atoms with Crippen molar-refractivity contribution in [1.29, 1.82) is 0 Å². The van der Waals surface area contributed by atoms with E-state index in [1.807, 2.05) is 37.3 Å². The maximum absolute atomic E-state index is 13.1. The van der Waals surface area contributed by atoms with Crippen LogP contribution in [0.2, 0.25) is 0 Å². The molecular formula is C51H75N11O10. The number of methoxy groups -OCH3 is 1. The van der Waals surface area contributed by atoms with Gasteiger partial charge in [0, 0.05) is 45.3 Å². The molecule has 1 aliphatic carbocycles. The van der Waals surface area contributed by atoms with Gasteiger partial charge in [-0.05, 0) is 60.4 Å². The summed E-state index contributed by atoms with van der Waals surface area (Å²) in [6.45, 7) is 12.4. The topological polar surface area (TPSA) is 279 Å². The average molecular weight is 1000 g/mol. The number of amides is 9. The van der Waals surface area contributed by atoms with Crippen LogP contribution in [0.3, 0.4) is 0 Å². The molecule has 2 aromatic carbocycles. The number of urea groups is 1. The lowest BCUT2D eigenvalue weighted by molar-refractivity contribution is -0.138. The molecule has 1 aliphatic heterocycles. The summed E-state index contributed by atoms with van der Waals surface area (Å²) < 4.78 is 5.06. The molecule has 72 heavy (non-hydrogen) atoms. The Bertz CT molecular complexity index is 2170. The lowest BCUT2D eigenvalue weighted by atomic mass is 9.83. The van der Waals surface area contributed by atoms with E-state index < -0.39 is 54.6 Å². The second-order valence-electron chi connectivity index (χ2n) is 18.1. The summed E-state index contributed by atoms with van der Waals surface area (Å²) in [7, 11) is 4.60. The van der Waals surface area contributed by atoms with Crippen LogP contribution in [-0.2, 0) is 33.6 Å². The number of likely N-dealkylation sites (tertiary alicyclic amines) is 1. The van der Waals surface area contributed by atoms with Crippen LogP contribution in [0.25, 0.3) is 0 Å². The number of ether oxygens (including phenoxy) is 1. The van der Waals surface area contributed by atoms with Crippen LogP contribution in [0.5, 0.6) is 5.75 Å². The SMILES string of the molecule is CC(C)C.CCC.COc1ccc([C@H](NC(=O)CNC(=O)C(=O)CNC=O)C(=O)N(C)C)cc1.C[C@@H]1CN(C(=O)Nc2ccccc2)C[C@@H]1NC(=O)CNC(=O)C(NC(=O)c1cnccn1)C1CCCCC1. The van der Waals surface area contributed by atoms with Gasteiger partial charge in [-0.15, -0.1) is 0 Å². The Morgan fingerprint density at radius 2 is 1.44 bits per heavy atom. The van der Waals surface area contributed by atoms with E-state index in [0.717, 1.165) is 38.0 Å². The first-order chi connectivity index (χ1) is 34.3. The van der Waals surface area contributed by atoms with E-state index in [1.54, 1.807) is 43.3 Å². The monoisotopic (exact) mass is 1000 g/mol. The van der Waals surface area contributed by atoms with E-state index in [1.165, 1.54) is 37.0 Å². The van der Waals surface area contributed by atoms with Crippen molar-refractivity contribution < 1.29 is 47.9 Å². The van der Waals surface area contributed by atoms with Gasteiger partial charge < -0.3 is 51.8 Å². The molecule has 1 unspecified atom stereocenters. The van der Waals surface area contributed by atoms with Crippen LogP contribution in [0.1, 0.15) is 102 Å². The minimum atomic E-state index is -1.01. The molecule has 3 aromatic rings. The first-order valence-electron chi connectivity index (χ1n) is 24.2. The highest BCUT2D eigenvalue weighted by molar-refractivity contribution is 6.37. The molecule has 4 atom stereocenters. The van der Waals surface area contributed by atoms with Crippen molar-refractivity contribution in [2.75, 3.05) is 59.2 Å².